The zero-order chi connectivity index (χ0) is 22.1. The molecule has 2 rings (SSSR count). The molecule has 0 saturated carbocycles. The van der Waals surface area contributed by atoms with E-state index >= 15 is 0 Å². The van der Waals surface area contributed by atoms with Crippen molar-refractivity contribution in [3.05, 3.63) is 59.7 Å². The van der Waals surface area contributed by atoms with Gasteiger partial charge in [-0.05, 0) is 61.9 Å². The Hall–Kier alpha value is -3.54. The molecule has 0 saturated heterocycles. The van der Waals surface area contributed by atoms with Gasteiger partial charge in [0.05, 0.1) is 13.5 Å². The number of benzene rings is 2. The van der Waals surface area contributed by atoms with Gasteiger partial charge in [0, 0.05) is 30.4 Å². The summed E-state index contributed by atoms with van der Waals surface area (Å²) >= 11 is 0. The quantitative estimate of drug-likeness (QED) is 0.452. The highest BCUT2D eigenvalue weighted by atomic mass is 16.5. The average Bonchev–Trinajstić information content (AvgIpc) is 2.73. The minimum absolute atomic E-state index is 0.00896. The summed E-state index contributed by atoms with van der Waals surface area (Å²) < 4.78 is 5.02. The summed E-state index contributed by atoms with van der Waals surface area (Å²) in [5.74, 6) is -0.320. The lowest BCUT2D eigenvalue weighted by molar-refractivity contribution is -0.121. The molecule has 2 N–H and O–H groups in total. The molecule has 0 aromatic heterocycles. The third-order valence-corrected chi connectivity index (χ3v) is 4.61. The number of phenolic OH excluding ortho intramolecular Hbond substituents is 2. The number of rotatable bonds is 10. The second-order valence-corrected chi connectivity index (χ2v) is 6.62. The van der Waals surface area contributed by atoms with Gasteiger partial charge in [0.2, 0.25) is 0 Å². The molecule has 0 spiro atoms. The molecule has 0 amide bonds. The summed E-state index contributed by atoms with van der Waals surface area (Å²) in [7, 11) is 1.44. The van der Waals surface area contributed by atoms with Crippen molar-refractivity contribution in [2.45, 2.75) is 20.3 Å². The number of methoxy groups -OCH3 is 1. The fraction of sp³-hybridized carbons (Fsp3) is 0.250. The summed E-state index contributed by atoms with van der Waals surface area (Å²) in [6, 6.07) is 9.98. The largest absolute Gasteiger partial charge is 0.507 e. The fourth-order valence-electron chi connectivity index (χ4n) is 2.92. The number of hydrogen-bond donors (Lipinski definition) is 2. The van der Waals surface area contributed by atoms with E-state index in [0.717, 1.165) is 18.8 Å². The maximum absolute atomic E-state index is 12.1. The maximum atomic E-state index is 12.1. The molecule has 0 heterocycles. The molecule has 0 atom stereocenters. The molecule has 2 aromatic rings. The van der Waals surface area contributed by atoms with Crippen LogP contribution in [0.15, 0.2) is 48.6 Å². The molecule has 30 heavy (non-hydrogen) atoms. The Morgan fingerprint density at radius 1 is 0.933 bits per heavy atom. The maximum Gasteiger partial charge on any atom is 0.163 e. The Labute approximate surface area is 176 Å². The number of ether oxygens (including phenoxy) is 1. The molecule has 0 aliphatic rings. The number of ketones is 2. The minimum Gasteiger partial charge on any atom is -0.507 e. The summed E-state index contributed by atoms with van der Waals surface area (Å²) in [5, 5.41) is 19.8. The van der Waals surface area contributed by atoms with Crippen LogP contribution in [0.1, 0.15) is 31.4 Å². The summed E-state index contributed by atoms with van der Waals surface area (Å²) in [5.41, 5.74) is 2.09. The molecule has 6 heteroatoms. The summed E-state index contributed by atoms with van der Waals surface area (Å²) in [4.78, 5) is 26.2. The van der Waals surface area contributed by atoms with Crippen LogP contribution in [0.5, 0.6) is 17.2 Å². The summed E-state index contributed by atoms with van der Waals surface area (Å²) in [6.45, 7) is 5.74. The van der Waals surface area contributed by atoms with E-state index in [2.05, 4.69) is 4.90 Å². The van der Waals surface area contributed by atoms with Crippen LogP contribution in [-0.4, -0.2) is 42.0 Å². The van der Waals surface area contributed by atoms with E-state index in [4.69, 9.17) is 4.74 Å². The van der Waals surface area contributed by atoms with E-state index in [1.165, 1.54) is 31.4 Å². The van der Waals surface area contributed by atoms with Crippen molar-refractivity contribution in [3.63, 3.8) is 0 Å². The van der Waals surface area contributed by atoms with Crippen LogP contribution in [0.2, 0.25) is 0 Å². The van der Waals surface area contributed by atoms with Crippen molar-refractivity contribution in [1.29, 1.82) is 0 Å². The number of anilines is 1. The number of carbonyl (C=O) groups excluding carboxylic acids is 2. The Bertz CT molecular complexity index is 958. The number of hydrogen-bond acceptors (Lipinski definition) is 6. The SMILES string of the molecule is CCN(CC)c1ccc(/C=C/C(=O)CC(=O)/C=C/c2ccc(O)c(OC)c2)c(O)c1. The Kier molecular flexibility index (Phi) is 8.23. The monoisotopic (exact) mass is 409 g/mol. The van der Waals surface area contributed by atoms with E-state index < -0.39 is 0 Å². The predicted octanol–water partition coefficient (Wildman–Crippen LogP) is 4.21. The number of phenols is 2. The Balaban J connectivity index is 1.98. The Morgan fingerprint density at radius 3 is 2.20 bits per heavy atom. The van der Waals surface area contributed by atoms with Gasteiger partial charge >= 0.3 is 0 Å². The zero-order valence-electron chi connectivity index (χ0n) is 17.5. The molecule has 0 radical (unpaired) electrons. The van der Waals surface area contributed by atoms with Crippen molar-refractivity contribution in [1.82, 2.24) is 0 Å². The first-order valence-corrected chi connectivity index (χ1v) is 9.74. The van der Waals surface area contributed by atoms with Crippen LogP contribution in [0.4, 0.5) is 5.69 Å². The van der Waals surface area contributed by atoms with Crippen molar-refractivity contribution < 1.29 is 24.5 Å². The molecular formula is C24H27NO5. The van der Waals surface area contributed by atoms with Gasteiger partial charge in [-0.15, -0.1) is 0 Å². The van der Waals surface area contributed by atoms with Crippen LogP contribution in [0.25, 0.3) is 12.2 Å². The molecule has 0 aliphatic carbocycles. The van der Waals surface area contributed by atoms with Gasteiger partial charge in [0.25, 0.3) is 0 Å². The lowest BCUT2D eigenvalue weighted by Crippen LogP contribution is -2.21. The van der Waals surface area contributed by atoms with E-state index in [9.17, 15) is 19.8 Å². The van der Waals surface area contributed by atoms with Gasteiger partial charge in [0.1, 0.15) is 5.75 Å². The van der Waals surface area contributed by atoms with Crippen LogP contribution in [-0.2, 0) is 9.59 Å². The van der Waals surface area contributed by atoms with Crippen LogP contribution < -0.4 is 9.64 Å². The number of nitrogens with zero attached hydrogens (tertiary/aromatic N) is 1. The highest BCUT2D eigenvalue weighted by Gasteiger charge is 2.07. The van der Waals surface area contributed by atoms with Gasteiger partial charge in [0.15, 0.2) is 23.1 Å². The van der Waals surface area contributed by atoms with Gasteiger partial charge in [-0.2, -0.15) is 0 Å². The average molecular weight is 409 g/mol. The van der Waals surface area contributed by atoms with Gasteiger partial charge in [-0.3, -0.25) is 9.59 Å². The molecule has 2 aromatic carbocycles. The van der Waals surface area contributed by atoms with E-state index in [0.29, 0.717) is 16.9 Å². The zero-order valence-corrected chi connectivity index (χ0v) is 17.5. The van der Waals surface area contributed by atoms with Gasteiger partial charge < -0.3 is 19.8 Å². The van der Waals surface area contributed by atoms with Gasteiger partial charge in [-0.25, -0.2) is 0 Å². The molecule has 0 bridgehead atoms. The van der Waals surface area contributed by atoms with Crippen molar-refractivity contribution in [3.8, 4) is 17.2 Å². The minimum atomic E-state index is -0.361. The lowest BCUT2D eigenvalue weighted by atomic mass is 10.1. The second-order valence-electron chi connectivity index (χ2n) is 6.62. The fourth-order valence-corrected chi connectivity index (χ4v) is 2.92. The number of allylic oxidation sites excluding steroid dienone is 2. The normalized spacial score (nSPS) is 11.2. The molecule has 0 unspecified atom stereocenters. The van der Waals surface area contributed by atoms with E-state index in [1.54, 1.807) is 30.3 Å². The summed E-state index contributed by atoms with van der Waals surface area (Å²) in [6.07, 6.45) is 5.39. The van der Waals surface area contributed by atoms with Crippen molar-refractivity contribution >= 4 is 29.4 Å². The first kappa shape index (κ1) is 22.7. The van der Waals surface area contributed by atoms with Crippen LogP contribution in [0.3, 0.4) is 0 Å². The molecule has 158 valence electrons. The first-order chi connectivity index (χ1) is 14.4. The lowest BCUT2D eigenvalue weighted by Gasteiger charge is -2.21. The topological polar surface area (TPSA) is 87.1 Å². The van der Waals surface area contributed by atoms with Crippen LogP contribution in [0, 0.1) is 0 Å². The Morgan fingerprint density at radius 2 is 1.60 bits per heavy atom. The smallest absolute Gasteiger partial charge is 0.163 e. The van der Waals surface area contributed by atoms with Gasteiger partial charge in [-0.1, -0.05) is 12.1 Å². The molecular weight excluding hydrogens is 382 g/mol. The number of aromatic hydroxyl groups is 2. The second kappa shape index (κ2) is 10.9. The standard InChI is InChI=1S/C24H27NO5/c1-4-25(5-2)19-10-8-18(23(29)15-19)9-12-21(27)16-20(26)11-6-17-7-13-22(28)24(14-17)30-3/h6-15,28-29H,4-5,16H2,1-3H3/b11-6+,12-9+. The van der Waals surface area contributed by atoms with Crippen molar-refractivity contribution in [2.24, 2.45) is 0 Å². The van der Waals surface area contributed by atoms with E-state index in [1.807, 2.05) is 19.9 Å². The van der Waals surface area contributed by atoms with Crippen LogP contribution >= 0.6 is 0 Å². The third-order valence-electron chi connectivity index (χ3n) is 4.61. The van der Waals surface area contributed by atoms with E-state index in [-0.39, 0.29) is 29.5 Å². The predicted molar refractivity (Wildman–Crippen MR) is 119 cm³/mol. The third kappa shape index (κ3) is 6.24. The van der Waals surface area contributed by atoms with Crippen molar-refractivity contribution in [2.75, 3.05) is 25.1 Å². The highest BCUT2D eigenvalue weighted by molar-refractivity contribution is 6.11. The molecule has 0 aliphatic heterocycles. The molecule has 6 nitrogen and oxygen atoms in total. The highest BCUT2D eigenvalue weighted by Crippen LogP contribution is 2.27. The first-order valence-electron chi connectivity index (χ1n) is 9.74. The molecule has 0 fully saturated rings. The number of carbonyl (C=O) groups is 2.